The van der Waals surface area contributed by atoms with Gasteiger partial charge in [-0.1, -0.05) is 30.7 Å². The third kappa shape index (κ3) is 3.21. The first kappa shape index (κ1) is 15.0. The lowest BCUT2D eigenvalue weighted by molar-refractivity contribution is 0.128. The van der Waals surface area contributed by atoms with Gasteiger partial charge in [0.1, 0.15) is 0 Å². The SMILES string of the molecule is c1ccc(-c2nnc(CN3CCCC[C@@H]3c3cccnc3)o2)cc1. The van der Waals surface area contributed by atoms with Crippen LogP contribution in [0.3, 0.4) is 0 Å². The van der Waals surface area contributed by atoms with Crippen molar-refractivity contribution >= 4 is 0 Å². The molecule has 0 saturated carbocycles. The van der Waals surface area contributed by atoms with Gasteiger partial charge in [0.25, 0.3) is 0 Å². The molecule has 3 heterocycles. The highest BCUT2D eigenvalue weighted by molar-refractivity contribution is 5.51. The van der Waals surface area contributed by atoms with Crippen molar-refractivity contribution in [3.8, 4) is 11.5 Å². The summed E-state index contributed by atoms with van der Waals surface area (Å²) in [7, 11) is 0. The van der Waals surface area contributed by atoms with Crippen LogP contribution >= 0.6 is 0 Å². The summed E-state index contributed by atoms with van der Waals surface area (Å²) in [5, 5.41) is 8.43. The highest BCUT2D eigenvalue weighted by Gasteiger charge is 2.25. The van der Waals surface area contributed by atoms with Gasteiger partial charge in [0, 0.05) is 24.0 Å². The molecule has 0 spiro atoms. The summed E-state index contributed by atoms with van der Waals surface area (Å²) >= 11 is 0. The normalized spacial score (nSPS) is 18.6. The molecule has 0 unspecified atom stereocenters. The molecule has 2 aromatic heterocycles. The molecular formula is C19H20N4O. The van der Waals surface area contributed by atoms with E-state index in [0.29, 0.717) is 24.4 Å². The zero-order valence-electron chi connectivity index (χ0n) is 13.5. The molecule has 1 fully saturated rings. The summed E-state index contributed by atoms with van der Waals surface area (Å²) in [6.07, 6.45) is 7.38. The lowest BCUT2D eigenvalue weighted by atomic mass is 9.96. The van der Waals surface area contributed by atoms with E-state index in [4.69, 9.17) is 4.42 Å². The van der Waals surface area contributed by atoms with Crippen LogP contribution < -0.4 is 0 Å². The fourth-order valence-electron chi connectivity index (χ4n) is 3.32. The summed E-state index contributed by atoms with van der Waals surface area (Å²) in [4.78, 5) is 6.69. The van der Waals surface area contributed by atoms with Gasteiger partial charge >= 0.3 is 0 Å². The molecule has 0 radical (unpaired) electrons. The molecule has 0 aliphatic carbocycles. The van der Waals surface area contributed by atoms with E-state index in [1.807, 2.05) is 48.8 Å². The molecule has 1 atom stereocenters. The smallest absolute Gasteiger partial charge is 0.247 e. The van der Waals surface area contributed by atoms with Crippen LogP contribution in [0.5, 0.6) is 0 Å². The van der Waals surface area contributed by atoms with Crippen molar-refractivity contribution in [2.75, 3.05) is 6.54 Å². The van der Waals surface area contributed by atoms with Gasteiger partial charge in [-0.3, -0.25) is 9.88 Å². The third-order valence-electron chi connectivity index (χ3n) is 4.51. The molecule has 1 aromatic carbocycles. The Morgan fingerprint density at radius 1 is 1.04 bits per heavy atom. The molecule has 5 heteroatoms. The maximum Gasteiger partial charge on any atom is 0.247 e. The number of hydrogen-bond donors (Lipinski definition) is 0. The third-order valence-corrected chi connectivity index (χ3v) is 4.51. The maximum absolute atomic E-state index is 5.88. The number of nitrogens with zero attached hydrogens (tertiary/aromatic N) is 4. The number of pyridine rings is 1. The zero-order chi connectivity index (χ0) is 16.2. The fraction of sp³-hybridized carbons (Fsp3) is 0.316. The Morgan fingerprint density at radius 3 is 2.79 bits per heavy atom. The van der Waals surface area contributed by atoms with Crippen LogP contribution in [0.4, 0.5) is 0 Å². The number of benzene rings is 1. The lowest BCUT2D eigenvalue weighted by Crippen LogP contribution is -2.33. The van der Waals surface area contributed by atoms with Gasteiger partial charge in [-0.2, -0.15) is 0 Å². The standard InChI is InChI=1S/C19H20N4O/c1-2-7-15(8-3-1)19-22-21-18(24-19)14-23-12-5-4-10-17(23)16-9-6-11-20-13-16/h1-3,6-9,11,13,17H,4-5,10,12,14H2/t17-/m1/s1. The number of piperidine rings is 1. The summed E-state index contributed by atoms with van der Waals surface area (Å²) < 4.78 is 5.88. The fourth-order valence-corrected chi connectivity index (χ4v) is 3.32. The van der Waals surface area contributed by atoms with Gasteiger partial charge < -0.3 is 4.42 Å². The second-order valence-electron chi connectivity index (χ2n) is 6.14. The number of rotatable bonds is 4. The van der Waals surface area contributed by atoms with E-state index in [1.165, 1.54) is 18.4 Å². The monoisotopic (exact) mass is 320 g/mol. The van der Waals surface area contributed by atoms with Gasteiger partial charge in [-0.05, 0) is 43.1 Å². The minimum atomic E-state index is 0.375. The van der Waals surface area contributed by atoms with Crippen LogP contribution in [0.15, 0.2) is 59.3 Å². The molecule has 122 valence electrons. The molecule has 4 rings (SSSR count). The topological polar surface area (TPSA) is 55.1 Å². The van der Waals surface area contributed by atoms with Crippen molar-refractivity contribution in [2.24, 2.45) is 0 Å². The Labute approximate surface area is 141 Å². The van der Waals surface area contributed by atoms with Crippen molar-refractivity contribution in [1.82, 2.24) is 20.1 Å². The van der Waals surface area contributed by atoms with Crippen LogP contribution in [0.25, 0.3) is 11.5 Å². The van der Waals surface area contributed by atoms with Gasteiger partial charge in [0.15, 0.2) is 0 Å². The van der Waals surface area contributed by atoms with E-state index in [-0.39, 0.29) is 0 Å². The lowest BCUT2D eigenvalue weighted by Gasteiger charge is -2.34. The molecular weight excluding hydrogens is 300 g/mol. The van der Waals surface area contributed by atoms with Gasteiger partial charge in [-0.15, -0.1) is 10.2 Å². The highest BCUT2D eigenvalue weighted by atomic mass is 16.4. The Balaban J connectivity index is 1.52. The molecule has 1 aliphatic heterocycles. The molecule has 0 bridgehead atoms. The quantitative estimate of drug-likeness (QED) is 0.730. The summed E-state index contributed by atoms with van der Waals surface area (Å²) in [5.74, 6) is 1.25. The minimum absolute atomic E-state index is 0.375. The van der Waals surface area contributed by atoms with Crippen molar-refractivity contribution in [3.05, 3.63) is 66.3 Å². The van der Waals surface area contributed by atoms with Crippen LogP contribution in [0.1, 0.15) is 36.8 Å². The van der Waals surface area contributed by atoms with E-state index in [9.17, 15) is 0 Å². The summed E-state index contributed by atoms with van der Waals surface area (Å²) in [5.41, 5.74) is 2.22. The second kappa shape index (κ2) is 6.93. The summed E-state index contributed by atoms with van der Waals surface area (Å²) in [6, 6.07) is 14.4. The Bertz CT molecular complexity index is 772. The number of hydrogen-bond acceptors (Lipinski definition) is 5. The molecule has 1 saturated heterocycles. The van der Waals surface area contributed by atoms with Crippen LogP contribution in [-0.2, 0) is 6.54 Å². The van der Waals surface area contributed by atoms with Crippen molar-refractivity contribution in [2.45, 2.75) is 31.8 Å². The molecule has 1 aliphatic rings. The molecule has 5 nitrogen and oxygen atoms in total. The predicted molar refractivity (Wildman–Crippen MR) is 91.0 cm³/mol. The van der Waals surface area contributed by atoms with E-state index in [0.717, 1.165) is 18.5 Å². The number of aromatic nitrogens is 3. The van der Waals surface area contributed by atoms with Gasteiger partial charge in [0.2, 0.25) is 11.8 Å². The largest absolute Gasteiger partial charge is 0.419 e. The highest BCUT2D eigenvalue weighted by Crippen LogP contribution is 2.31. The summed E-state index contributed by atoms with van der Waals surface area (Å²) in [6.45, 7) is 1.72. The first-order valence-electron chi connectivity index (χ1n) is 8.42. The van der Waals surface area contributed by atoms with Crippen LogP contribution in [0, 0.1) is 0 Å². The second-order valence-corrected chi connectivity index (χ2v) is 6.14. The number of likely N-dealkylation sites (tertiary alicyclic amines) is 1. The first-order chi connectivity index (χ1) is 11.9. The van der Waals surface area contributed by atoms with E-state index >= 15 is 0 Å². The predicted octanol–water partition coefficient (Wildman–Crippen LogP) is 3.86. The van der Waals surface area contributed by atoms with Gasteiger partial charge in [0.05, 0.1) is 6.54 Å². The average Bonchev–Trinajstić information content (AvgIpc) is 3.12. The Hall–Kier alpha value is -2.53. The maximum atomic E-state index is 5.88. The van der Waals surface area contributed by atoms with Crippen LogP contribution in [0.2, 0.25) is 0 Å². The zero-order valence-corrected chi connectivity index (χ0v) is 13.5. The molecule has 0 amide bonds. The van der Waals surface area contributed by atoms with Crippen LogP contribution in [-0.4, -0.2) is 26.6 Å². The van der Waals surface area contributed by atoms with Crippen molar-refractivity contribution < 1.29 is 4.42 Å². The van der Waals surface area contributed by atoms with E-state index in [1.54, 1.807) is 0 Å². The Morgan fingerprint density at radius 2 is 1.96 bits per heavy atom. The van der Waals surface area contributed by atoms with Crippen molar-refractivity contribution in [1.29, 1.82) is 0 Å². The van der Waals surface area contributed by atoms with E-state index in [2.05, 4.69) is 26.1 Å². The minimum Gasteiger partial charge on any atom is -0.419 e. The molecule has 3 aromatic rings. The first-order valence-corrected chi connectivity index (χ1v) is 8.42. The molecule has 0 N–H and O–H groups in total. The van der Waals surface area contributed by atoms with E-state index < -0.39 is 0 Å². The molecule has 24 heavy (non-hydrogen) atoms. The average molecular weight is 320 g/mol. The van der Waals surface area contributed by atoms with Gasteiger partial charge in [-0.25, -0.2) is 0 Å². The van der Waals surface area contributed by atoms with Crippen molar-refractivity contribution in [3.63, 3.8) is 0 Å². The Kier molecular flexibility index (Phi) is 4.34.